The van der Waals surface area contributed by atoms with Crippen molar-refractivity contribution >= 4 is 38.8 Å². The minimum Gasteiger partial charge on any atom is -0.484 e. The minimum atomic E-state index is -0.0121. The summed E-state index contributed by atoms with van der Waals surface area (Å²) >= 11 is 3.37. The minimum absolute atomic E-state index is 0.0121. The van der Waals surface area contributed by atoms with Gasteiger partial charge in [-0.2, -0.15) is 0 Å². The van der Waals surface area contributed by atoms with Crippen molar-refractivity contribution < 1.29 is 9.53 Å². The van der Waals surface area contributed by atoms with E-state index in [1.807, 2.05) is 29.2 Å². The van der Waals surface area contributed by atoms with Crippen LogP contribution >= 0.6 is 15.9 Å². The first-order valence-electron chi connectivity index (χ1n) is 8.26. The monoisotopic (exact) mass is 416 g/mol. The molecule has 1 aliphatic rings. The lowest BCUT2D eigenvalue weighted by Crippen LogP contribution is -2.50. The summed E-state index contributed by atoms with van der Waals surface area (Å²) in [5, 5.41) is 0. The Morgan fingerprint density at radius 1 is 1.12 bits per heavy atom. The first kappa shape index (κ1) is 16.8. The maximum Gasteiger partial charge on any atom is 0.260 e. The number of H-pyrrole nitrogens is 1. The van der Waals surface area contributed by atoms with Crippen LogP contribution in [-0.4, -0.2) is 63.5 Å². The SMILES string of the molecule is O=C(COc1ccc(Br)cc1)N1CCN(c2ncnc3nc[nH]c23)CC1. The van der Waals surface area contributed by atoms with E-state index in [4.69, 9.17) is 4.74 Å². The summed E-state index contributed by atoms with van der Waals surface area (Å²) in [7, 11) is 0. The molecular formula is C17H17BrN6O2. The molecule has 1 aromatic carbocycles. The fraction of sp³-hybridized carbons (Fsp3) is 0.294. The van der Waals surface area contributed by atoms with Gasteiger partial charge in [0.15, 0.2) is 18.1 Å². The largest absolute Gasteiger partial charge is 0.484 e. The molecule has 0 bridgehead atoms. The van der Waals surface area contributed by atoms with Gasteiger partial charge in [-0.25, -0.2) is 15.0 Å². The number of aromatic amines is 1. The van der Waals surface area contributed by atoms with Crippen molar-refractivity contribution in [1.29, 1.82) is 0 Å². The Kier molecular flexibility index (Phi) is 4.70. The zero-order valence-electron chi connectivity index (χ0n) is 13.9. The number of halogens is 1. The molecule has 0 radical (unpaired) electrons. The molecule has 4 rings (SSSR count). The highest BCUT2D eigenvalue weighted by Crippen LogP contribution is 2.21. The van der Waals surface area contributed by atoms with Crippen molar-refractivity contribution in [2.45, 2.75) is 0 Å². The third-order valence-corrected chi connectivity index (χ3v) is 4.84. The number of amides is 1. The standard InChI is InChI=1S/C17H17BrN6O2/c18-12-1-3-13(4-2-12)26-9-14(25)23-5-7-24(8-6-23)17-15-16(20-10-19-15)21-11-22-17/h1-4,10-11H,5-9H2,(H,19,20,21,22). The highest BCUT2D eigenvalue weighted by atomic mass is 79.9. The van der Waals surface area contributed by atoms with Gasteiger partial charge in [0, 0.05) is 30.7 Å². The van der Waals surface area contributed by atoms with Crippen LogP contribution < -0.4 is 9.64 Å². The number of piperazine rings is 1. The van der Waals surface area contributed by atoms with E-state index in [0.29, 0.717) is 37.6 Å². The number of rotatable bonds is 4. The number of carbonyl (C=O) groups excluding carboxylic acids is 1. The van der Waals surface area contributed by atoms with Gasteiger partial charge in [-0.15, -0.1) is 0 Å². The highest BCUT2D eigenvalue weighted by Gasteiger charge is 2.23. The van der Waals surface area contributed by atoms with E-state index in [9.17, 15) is 4.79 Å². The number of imidazole rings is 1. The molecule has 3 heterocycles. The molecule has 9 heteroatoms. The smallest absolute Gasteiger partial charge is 0.260 e. The highest BCUT2D eigenvalue weighted by molar-refractivity contribution is 9.10. The summed E-state index contributed by atoms with van der Waals surface area (Å²) in [4.78, 5) is 32.1. The van der Waals surface area contributed by atoms with Crippen LogP contribution in [0.5, 0.6) is 5.75 Å². The molecule has 1 fully saturated rings. The number of ether oxygens (including phenoxy) is 1. The fourth-order valence-electron chi connectivity index (χ4n) is 2.93. The molecule has 0 aliphatic carbocycles. The summed E-state index contributed by atoms with van der Waals surface area (Å²) in [6, 6.07) is 7.44. The van der Waals surface area contributed by atoms with Crippen LogP contribution in [0.25, 0.3) is 11.2 Å². The second kappa shape index (κ2) is 7.28. The molecule has 1 N–H and O–H groups in total. The van der Waals surface area contributed by atoms with E-state index < -0.39 is 0 Å². The van der Waals surface area contributed by atoms with E-state index >= 15 is 0 Å². The van der Waals surface area contributed by atoms with Crippen LogP contribution in [0.2, 0.25) is 0 Å². The molecule has 1 aliphatic heterocycles. The summed E-state index contributed by atoms with van der Waals surface area (Å²) < 4.78 is 6.55. The first-order valence-corrected chi connectivity index (χ1v) is 9.05. The third-order valence-electron chi connectivity index (χ3n) is 4.31. The van der Waals surface area contributed by atoms with Crippen molar-refractivity contribution in [3.05, 3.63) is 41.4 Å². The average Bonchev–Trinajstić information content (AvgIpc) is 3.16. The molecule has 26 heavy (non-hydrogen) atoms. The molecule has 134 valence electrons. The van der Waals surface area contributed by atoms with Gasteiger partial charge in [0.1, 0.15) is 17.6 Å². The zero-order chi connectivity index (χ0) is 17.9. The molecule has 0 spiro atoms. The quantitative estimate of drug-likeness (QED) is 0.697. The fourth-order valence-corrected chi connectivity index (χ4v) is 3.19. The number of nitrogens with one attached hydrogen (secondary N) is 1. The Balaban J connectivity index is 1.33. The lowest BCUT2D eigenvalue weighted by Gasteiger charge is -2.35. The van der Waals surface area contributed by atoms with Gasteiger partial charge in [0.2, 0.25) is 0 Å². The summed E-state index contributed by atoms with van der Waals surface area (Å²) in [5.74, 6) is 1.50. The van der Waals surface area contributed by atoms with Crippen molar-refractivity contribution in [2.24, 2.45) is 0 Å². The van der Waals surface area contributed by atoms with Crippen LogP contribution in [0.1, 0.15) is 0 Å². The van der Waals surface area contributed by atoms with E-state index in [2.05, 4.69) is 40.8 Å². The number of benzene rings is 1. The van der Waals surface area contributed by atoms with Gasteiger partial charge in [-0.05, 0) is 24.3 Å². The van der Waals surface area contributed by atoms with Gasteiger partial charge < -0.3 is 19.5 Å². The maximum atomic E-state index is 12.4. The van der Waals surface area contributed by atoms with E-state index in [1.54, 1.807) is 6.33 Å². The second-order valence-corrected chi connectivity index (χ2v) is 6.82. The van der Waals surface area contributed by atoms with Gasteiger partial charge in [-0.3, -0.25) is 4.79 Å². The summed E-state index contributed by atoms with van der Waals surface area (Å²) in [6.07, 6.45) is 3.13. The topological polar surface area (TPSA) is 87.2 Å². The Labute approximate surface area is 158 Å². The predicted molar refractivity (Wildman–Crippen MR) is 100 cm³/mol. The van der Waals surface area contributed by atoms with Gasteiger partial charge in [-0.1, -0.05) is 15.9 Å². The van der Waals surface area contributed by atoms with Crippen molar-refractivity contribution in [1.82, 2.24) is 24.8 Å². The molecule has 1 saturated heterocycles. The molecule has 2 aromatic heterocycles. The third kappa shape index (κ3) is 3.48. The Morgan fingerprint density at radius 2 is 1.88 bits per heavy atom. The van der Waals surface area contributed by atoms with E-state index in [0.717, 1.165) is 15.8 Å². The Morgan fingerprint density at radius 3 is 2.65 bits per heavy atom. The number of nitrogens with zero attached hydrogens (tertiary/aromatic N) is 5. The Bertz CT molecular complexity index is 905. The number of hydrogen-bond acceptors (Lipinski definition) is 6. The second-order valence-electron chi connectivity index (χ2n) is 5.91. The van der Waals surface area contributed by atoms with Crippen LogP contribution in [0.3, 0.4) is 0 Å². The normalized spacial score (nSPS) is 14.7. The van der Waals surface area contributed by atoms with Gasteiger partial charge in [0.05, 0.1) is 6.33 Å². The van der Waals surface area contributed by atoms with Crippen molar-refractivity contribution in [3.8, 4) is 5.75 Å². The van der Waals surface area contributed by atoms with Gasteiger partial charge in [0.25, 0.3) is 5.91 Å². The molecule has 3 aromatic rings. The summed E-state index contributed by atoms with van der Waals surface area (Å²) in [6.45, 7) is 2.70. The zero-order valence-corrected chi connectivity index (χ0v) is 15.5. The van der Waals surface area contributed by atoms with Crippen LogP contribution in [0, 0.1) is 0 Å². The molecule has 0 atom stereocenters. The molecule has 1 amide bonds. The number of carbonyl (C=O) groups is 1. The van der Waals surface area contributed by atoms with E-state index in [-0.39, 0.29) is 12.5 Å². The number of aromatic nitrogens is 4. The van der Waals surface area contributed by atoms with E-state index in [1.165, 1.54) is 6.33 Å². The lowest BCUT2D eigenvalue weighted by atomic mass is 10.3. The van der Waals surface area contributed by atoms with Crippen molar-refractivity contribution in [3.63, 3.8) is 0 Å². The number of fused-ring (bicyclic) bond motifs is 1. The Hall–Kier alpha value is -2.68. The van der Waals surface area contributed by atoms with Crippen LogP contribution in [-0.2, 0) is 4.79 Å². The summed E-state index contributed by atoms with van der Waals surface area (Å²) in [5.41, 5.74) is 1.47. The van der Waals surface area contributed by atoms with Crippen LogP contribution in [0.15, 0.2) is 41.4 Å². The molecule has 0 unspecified atom stereocenters. The molecule has 8 nitrogen and oxygen atoms in total. The maximum absolute atomic E-state index is 12.4. The molecular weight excluding hydrogens is 400 g/mol. The first-order chi connectivity index (χ1) is 12.7. The number of hydrogen-bond donors (Lipinski definition) is 1. The van der Waals surface area contributed by atoms with Crippen molar-refractivity contribution in [2.75, 3.05) is 37.7 Å². The number of anilines is 1. The average molecular weight is 417 g/mol. The predicted octanol–water partition coefficient (Wildman–Crippen LogP) is 1.84. The lowest BCUT2D eigenvalue weighted by molar-refractivity contribution is -0.133. The van der Waals surface area contributed by atoms with Crippen LogP contribution in [0.4, 0.5) is 5.82 Å². The molecule has 0 saturated carbocycles. The van der Waals surface area contributed by atoms with Gasteiger partial charge >= 0.3 is 0 Å².